The summed E-state index contributed by atoms with van der Waals surface area (Å²) in [6.45, 7) is 6.84. The SMILES string of the molecule is CC(C)(C)c1ncc(C(=O)Nc2ccnn2Cc2ccc(Br)cc2)s1. The number of anilines is 1. The van der Waals surface area contributed by atoms with Crippen LogP contribution in [0.25, 0.3) is 0 Å². The Labute approximate surface area is 159 Å². The first-order valence-corrected chi connectivity index (χ1v) is 9.48. The van der Waals surface area contributed by atoms with Gasteiger partial charge in [0, 0.05) is 16.0 Å². The highest BCUT2D eigenvalue weighted by Crippen LogP contribution is 2.27. The molecule has 1 amide bonds. The number of rotatable bonds is 4. The Balaban J connectivity index is 1.73. The van der Waals surface area contributed by atoms with Gasteiger partial charge >= 0.3 is 0 Å². The van der Waals surface area contributed by atoms with Crippen LogP contribution in [0.1, 0.15) is 41.0 Å². The van der Waals surface area contributed by atoms with Gasteiger partial charge in [-0.15, -0.1) is 11.3 Å². The Morgan fingerprint density at radius 2 is 1.96 bits per heavy atom. The van der Waals surface area contributed by atoms with Crippen LogP contribution in [-0.4, -0.2) is 20.7 Å². The summed E-state index contributed by atoms with van der Waals surface area (Å²) in [6.07, 6.45) is 3.32. The van der Waals surface area contributed by atoms with Crippen molar-refractivity contribution in [1.82, 2.24) is 14.8 Å². The number of hydrogen-bond acceptors (Lipinski definition) is 4. The van der Waals surface area contributed by atoms with E-state index in [0.29, 0.717) is 17.2 Å². The number of carbonyl (C=O) groups is 1. The number of benzene rings is 1. The van der Waals surface area contributed by atoms with Gasteiger partial charge in [0.25, 0.3) is 5.91 Å². The molecule has 5 nitrogen and oxygen atoms in total. The smallest absolute Gasteiger partial charge is 0.268 e. The Morgan fingerprint density at radius 3 is 2.60 bits per heavy atom. The van der Waals surface area contributed by atoms with Crippen molar-refractivity contribution in [3.8, 4) is 0 Å². The van der Waals surface area contributed by atoms with Crippen molar-refractivity contribution in [3.63, 3.8) is 0 Å². The Morgan fingerprint density at radius 1 is 1.24 bits per heavy atom. The minimum absolute atomic E-state index is 0.0629. The molecule has 0 bridgehead atoms. The molecule has 0 unspecified atom stereocenters. The van der Waals surface area contributed by atoms with Crippen LogP contribution < -0.4 is 5.32 Å². The Kier molecular flexibility index (Phi) is 5.06. The molecule has 25 heavy (non-hydrogen) atoms. The maximum Gasteiger partial charge on any atom is 0.268 e. The van der Waals surface area contributed by atoms with Gasteiger partial charge in [0.15, 0.2) is 0 Å². The number of amides is 1. The lowest BCUT2D eigenvalue weighted by atomic mass is 9.98. The molecule has 0 aliphatic carbocycles. The minimum Gasteiger partial charge on any atom is -0.306 e. The lowest BCUT2D eigenvalue weighted by molar-refractivity contribution is 0.102. The number of carbonyl (C=O) groups excluding carboxylic acids is 1. The van der Waals surface area contributed by atoms with E-state index in [4.69, 9.17) is 0 Å². The fraction of sp³-hybridized carbons (Fsp3) is 0.278. The van der Waals surface area contributed by atoms with Crippen LogP contribution >= 0.6 is 27.3 Å². The van der Waals surface area contributed by atoms with E-state index >= 15 is 0 Å². The van der Waals surface area contributed by atoms with Gasteiger partial charge < -0.3 is 5.32 Å². The number of nitrogens with one attached hydrogen (secondary N) is 1. The number of nitrogens with zero attached hydrogens (tertiary/aromatic N) is 3. The van der Waals surface area contributed by atoms with Crippen LogP contribution in [0.3, 0.4) is 0 Å². The molecule has 3 rings (SSSR count). The van der Waals surface area contributed by atoms with Crippen LogP contribution in [0.2, 0.25) is 0 Å². The lowest BCUT2D eigenvalue weighted by Gasteiger charge is -2.13. The molecule has 0 saturated heterocycles. The highest BCUT2D eigenvalue weighted by atomic mass is 79.9. The summed E-state index contributed by atoms with van der Waals surface area (Å²) in [6, 6.07) is 9.82. The fourth-order valence-electron chi connectivity index (χ4n) is 2.23. The number of thiazole rings is 1. The van der Waals surface area contributed by atoms with E-state index in [1.54, 1.807) is 23.1 Å². The standard InChI is InChI=1S/C18H19BrN4OS/c1-18(2,3)17-20-10-14(25-17)16(24)22-15-8-9-21-23(15)11-12-4-6-13(19)7-5-12/h4-10H,11H2,1-3H3,(H,22,24). The summed E-state index contributed by atoms with van der Waals surface area (Å²) in [7, 11) is 0. The molecular formula is C18H19BrN4OS. The molecule has 0 aliphatic heterocycles. The van der Waals surface area contributed by atoms with Crippen molar-refractivity contribution in [2.75, 3.05) is 5.32 Å². The third kappa shape index (κ3) is 4.35. The van der Waals surface area contributed by atoms with E-state index in [2.05, 4.69) is 52.1 Å². The van der Waals surface area contributed by atoms with Gasteiger partial charge in [0.2, 0.25) is 0 Å². The number of aromatic nitrogens is 3. The summed E-state index contributed by atoms with van der Waals surface area (Å²) >= 11 is 4.85. The Hall–Kier alpha value is -1.99. The summed E-state index contributed by atoms with van der Waals surface area (Å²) in [5.74, 6) is 0.504. The van der Waals surface area contributed by atoms with E-state index in [-0.39, 0.29) is 11.3 Å². The van der Waals surface area contributed by atoms with Crippen molar-refractivity contribution in [3.05, 3.63) is 62.6 Å². The topological polar surface area (TPSA) is 59.8 Å². The summed E-state index contributed by atoms with van der Waals surface area (Å²) in [4.78, 5) is 17.5. The summed E-state index contributed by atoms with van der Waals surface area (Å²) in [5.41, 5.74) is 1.04. The van der Waals surface area contributed by atoms with Crippen LogP contribution in [0.5, 0.6) is 0 Å². The first-order valence-electron chi connectivity index (χ1n) is 7.87. The second-order valence-electron chi connectivity index (χ2n) is 6.73. The van der Waals surface area contributed by atoms with Gasteiger partial charge in [-0.3, -0.25) is 4.79 Å². The molecule has 3 aromatic rings. The zero-order valence-electron chi connectivity index (χ0n) is 14.3. The van der Waals surface area contributed by atoms with Gasteiger partial charge in [-0.25, -0.2) is 9.67 Å². The van der Waals surface area contributed by atoms with Crippen LogP contribution in [0, 0.1) is 0 Å². The maximum atomic E-state index is 12.5. The van der Waals surface area contributed by atoms with E-state index in [1.807, 2.05) is 24.3 Å². The van der Waals surface area contributed by atoms with E-state index in [0.717, 1.165) is 15.0 Å². The normalized spacial score (nSPS) is 11.5. The zero-order chi connectivity index (χ0) is 18.0. The molecule has 2 heterocycles. The summed E-state index contributed by atoms with van der Waals surface area (Å²) in [5, 5.41) is 8.17. The second kappa shape index (κ2) is 7.09. The van der Waals surface area contributed by atoms with Crippen molar-refractivity contribution in [2.24, 2.45) is 0 Å². The average molecular weight is 419 g/mol. The average Bonchev–Trinajstić information content (AvgIpc) is 3.19. The molecule has 0 fully saturated rings. The van der Waals surface area contributed by atoms with Crippen LogP contribution in [0.15, 0.2) is 47.2 Å². The van der Waals surface area contributed by atoms with Crippen LogP contribution in [0.4, 0.5) is 5.82 Å². The van der Waals surface area contributed by atoms with Crippen LogP contribution in [-0.2, 0) is 12.0 Å². The largest absolute Gasteiger partial charge is 0.306 e. The molecule has 2 aromatic heterocycles. The fourth-order valence-corrected chi connectivity index (χ4v) is 3.36. The number of halogens is 1. The molecule has 130 valence electrons. The lowest BCUT2D eigenvalue weighted by Crippen LogP contribution is -2.15. The predicted molar refractivity (Wildman–Crippen MR) is 104 cm³/mol. The zero-order valence-corrected chi connectivity index (χ0v) is 16.7. The quantitative estimate of drug-likeness (QED) is 0.667. The second-order valence-corrected chi connectivity index (χ2v) is 8.68. The summed E-state index contributed by atoms with van der Waals surface area (Å²) < 4.78 is 2.80. The monoisotopic (exact) mass is 418 g/mol. The maximum absolute atomic E-state index is 12.5. The molecule has 0 radical (unpaired) electrons. The predicted octanol–water partition coefficient (Wildman–Crippen LogP) is 4.70. The number of hydrogen-bond donors (Lipinski definition) is 1. The van der Waals surface area contributed by atoms with Gasteiger partial charge in [-0.2, -0.15) is 5.10 Å². The van der Waals surface area contributed by atoms with Crippen molar-refractivity contribution in [1.29, 1.82) is 0 Å². The van der Waals surface area contributed by atoms with Crippen molar-refractivity contribution < 1.29 is 4.79 Å². The first kappa shape index (κ1) is 17.8. The molecule has 1 aromatic carbocycles. The molecule has 7 heteroatoms. The molecule has 0 aliphatic rings. The molecule has 0 spiro atoms. The van der Waals surface area contributed by atoms with E-state index in [1.165, 1.54) is 11.3 Å². The van der Waals surface area contributed by atoms with E-state index in [9.17, 15) is 4.79 Å². The highest BCUT2D eigenvalue weighted by Gasteiger charge is 2.20. The molecular weight excluding hydrogens is 400 g/mol. The molecule has 0 saturated carbocycles. The van der Waals surface area contributed by atoms with Gasteiger partial charge in [0.05, 0.1) is 23.9 Å². The van der Waals surface area contributed by atoms with Gasteiger partial charge in [0.1, 0.15) is 10.7 Å². The third-order valence-corrected chi connectivity index (χ3v) is 5.53. The minimum atomic E-state index is -0.162. The molecule has 0 atom stereocenters. The first-order chi connectivity index (χ1) is 11.8. The van der Waals surface area contributed by atoms with E-state index < -0.39 is 0 Å². The third-order valence-electron chi connectivity index (χ3n) is 3.57. The Bertz CT molecular complexity index is 877. The van der Waals surface area contributed by atoms with Gasteiger partial charge in [-0.05, 0) is 17.7 Å². The molecule has 1 N–H and O–H groups in total. The van der Waals surface area contributed by atoms with Gasteiger partial charge in [-0.1, -0.05) is 48.8 Å². The van der Waals surface area contributed by atoms with Crippen molar-refractivity contribution in [2.45, 2.75) is 32.7 Å². The van der Waals surface area contributed by atoms with Crippen molar-refractivity contribution >= 4 is 39.0 Å². The highest BCUT2D eigenvalue weighted by molar-refractivity contribution is 9.10.